The number of ketones is 1. The number of aromatic nitrogens is 2. The second-order valence-electron chi connectivity index (χ2n) is 11.7. The van der Waals surface area contributed by atoms with Crippen molar-refractivity contribution in [2.75, 3.05) is 19.1 Å². The molecule has 2 aromatic carbocycles. The zero-order chi connectivity index (χ0) is 32.8. The first kappa shape index (κ1) is 33.9. The van der Waals surface area contributed by atoms with Gasteiger partial charge in [-0.2, -0.15) is 3.71 Å². The van der Waals surface area contributed by atoms with Gasteiger partial charge in [0.05, 0.1) is 23.1 Å². The van der Waals surface area contributed by atoms with Crippen molar-refractivity contribution in [3.05, 3.63) is 80.7 Å². The predicted molar refractivity (Wildman–Crippen MR) is 179 cm³/mol. The molecular formula is C29H33Cl2N3O7S2Si. The summed E-state index contributed by atoms with van der Waals surface area (Å²) in [6.45, 7) is 7.46. The summed E-state index contributed by atoms with van der Waals surface area (Å²) < 4.78 is 57.5. The Kier molecular flexibility index (Phi) is 9.60. The summed E-state index contributed by atoms with van der Waals surface area (Å²) in [4.78, 5) is 26.8. The standard InChI is InChI=1S/C29H33Cl2N3O7S2Si/c1-32-28-23(17-24(29(32)36)21-9-8-20(30)16-25(21)31)22-15-19(27(35)11-12-34(42(2,37)38)43(3,39)40)7-10-26(22)33(28)18-41-13-14-44(4,5)6/h7-12,15-17H,13-14,18H2,1-6H3/b12-11+. The molecule has 2 heterocycles. The van der Waals surface area contributed by atoms with Crippen LogP contribution in [0.4, 0.5) is 0 Å². The molecular weight excluding hydrogens is 665 g/mol. The van der Waals surface area contributed by atoms with Crippen LogP contribution in [0.25, 0.3) is 33.1 Å². The Morgan fingerprint density at radius 1 is 0.955 bits per heavy atom. The smallest absolute Gasteiger partial charge is 0.259 e. The van der Waals surface area contributed by atoms with Gasteiger partial charge < -0.3 is 9.30 Å². The Balaban J connectivity index is 1.91. The van der Waals surface area contributed by atoms with E-state index in [1.807, 2.05) is 4.57 Å². The first-order valence-electron chi connectivity index (χ1n) is 13.4. The van der Waals surface area contributed by atoms with E-state index in [1.165, 1.54) is 4.57 Å². The molecule has 44 heavy (non-hydrogen) atoms. The van der Waals surface area contributed by atoms with E-state index in [0.717, 1.165) is 30.8 Å². The fraction of sp³-hybridized carbons (Fsp3) is 0.310. The van der Waals surface area contributed by atoms with Crippen LogP contribution in [0.2, 0.25) is 35.7 Å². The maximum atomic E-state index is 13.7. The summed E-state index contributed by atoms with van der Waals surface area (Å²) in [7, 11) is -8.08. The summed E-state index contributed by atoms with van der Waals surface area (Å²) in [5, 5.41) is 1.99. The van der Waals surface area contributed by atoms with Crippen molar-refractivity contribution in [2.24, 2.45) is 7.05 Å². The maximum Gasteiger partial charge on any atom is 0.259 e. The number of pyridine rings is 1. The van der Waals surface area contributed by atoms with Crippen molar-refractivity contribution >= 4 is 79.0 Å². The normalized spacial score (nSPS) is 12.9. The van der Waals surface area contributed by atoms with E-state index in [9.17, 15) is 26.4 Å². The van der Waals surface area contributed by atoms with Crippen LogP contribution in [0, 0.1) is 0 Å². The number of allylic oxidation sites excluding steroid dienone is 1. The van der Waals surface area contributed by atoms with Gasteiger partial charge >= 0.3 is 0 Å². The van der Waals surface area contributed by atoms with Crippen molar-refractivity contribution in [3.8, 4) is 11.1 Å². The molecule has 236 valence electrons. The minimum atomic E-state index is -4.19. The molecule has 0 saturated heterocycles. The molecule has 2 aromatic heterocycles. The highest BCUT2D eigenvalue weighted by Gasteiger charge is 2.24. The minimum Gasteiger partial charge on any atom is -0.361 e. The lowest BCUT2D eigenvalue weighted by Crippen LogP contribution is -2.30. The predicted octanol–water partition coefficient (Wildman–Crippen LogP) is 5.70. The highest BCUT2D eigenvalue weighted by Crippen LogP contribution is 2.34. The quantitative estimate of drug-likeness (QED) is 0.0853. The van der Waals surface area contributed by atoms with Gasteiger partial charge in [-0.1, -0.05) is 48.9 Å². The average Bonchev–Trinajstić information content (AvgIpc) is 3.19. The number of aryl methyl sites for hydroxylation is 1. The van der Waals surface area contributed by atoms with E-state index in [1.54, 1.807) is 49.5 Å². The van der Waals surface area contributed by atoms with Gasteiger partial charge in [0.15, 0.2) is 5.78 Å². The lowest BCUT2D eigenvalue weighted by molar-refractivity contribution is 0.0922. The van der Waals surface area contributed by atoms with Crippen LogP contribution in [0.5, 0.6) is 0 Å². The van der Waals surface area contributed by atoms with Gasteiger partial charge in [-0.15, -0.1) is 0 Å². The zero-order valence-corrected chi connectivity index (χ0v) is 29.2. The molecule has 0 bridgehead atoms. The topological polar surface area (TPSA) is 125 Å². The Morgan fingerprint density at radius 2 is 1.61 bits per heavy atom. The molecule has 0 N–H and O–H groups in total. The molecule has 15 heteroatoms. The first-order chi connectivity index (χ1) is 20.3. The first-order valence-corrected chi connectivity index (χ1v) is 21.6. The van der Waals surface area contributed by atoms with Crippen molar-refractivity contribution < 1.29 is 26.4 Å². The van der Waals surface area contributed by atoms with Crippen molar-refractivity contribution in [1.82, 2.24) is 12.8 Å². The van der Waals surface area contributed by atoms with E-state index < -0.39 is 33.9 Å². The minimum absolute atomic E-state index is 0.137. The Bertz CT molecular complexity index is 2070. The SMILES string of the molecule is Cn1c(=O)c(-c2ccc(Cl)cc2Cl)cc2c3cc(C(=O)/C=C/N(S(C)(=O)=O)S(C)(=O)=O)ccc3n(COCC[Si](C)(C)C)c21. The van der Waals surface area contributed by atoms with Gasteiger partial charge in [-0.3, -0.25) is 14.2 Å². The summed E-state index contributed by atoms with van der Waals surface area (Å²) in [5.41, 5.74) is 1.95. The van der Waals surface area contributed by atoms with Crippen molar-refractivity contribution in [2.45, 2.75) is 32.4 Å². The number of nitrogens with zero attached hydrogens (tertiary/aromatic N) is 3. The maximum absolute atomic E-state index is 13.7. The fourth-order valence-corrected chi connectivity index (χ4v) is 8.56. The molecule has 0 saturated carbocycles. The molecule has 4 aromatic rings. The molecule has 0 aliphatic rings. The fourth-order valence-electron chi connectivity index (χ4n) is 4.76. The summed E-state index contributed by atoms with van der Waals surface area (Å²) in [6.07, 6.45) is 3.06. The Morgan fingerprint density at radius 3 is 2.20 bits per heavy atom. The summed E-state index contributed by atoms with van der Waals surface area (Å²) >= 11 is 12.6. The molecule has 0 fully saturated rings. The third-order valence-corrected chi connectivity index (χ3v) is 12.4. The van der Waals surface area contributed by atoms with E-state index in [2.05, 4.69) is 19.6 Å². The number of rotatable bonds is 11. The molecule has 0 aliphatic carbocycles. The number of sulfonamides is 2. The van der Waals surface area contributed by atoms with E-state index in [-0.39, 0.29) is 21.6 Å². The molecule has 0 radical (unpaired) electrons. The van der Waals surface area contributed by atoms with Gasteiger partial charge in [0, 0.05) is 66.5 Å². The Labute approximate surface area is 267 Å². The van der Waals surface area contributed by atoms with Crippen molar-refractivity contribution in [1.29, 1.82) is 0 Å². The van der Waals surface area contributed by atoms with Crippen LogP contribution in [0.15, 0.2) is 59.5 Å². The Hall–Kier alpha value is -2.94. The highest BCUT2D eigenvalue weighted by atomic mass is 35.5. The van der Waals surface area contributed by atoms with Gasteiger partial charge in [0.1, 0.15) is 12.4 Å². The number of carbonyl (C=O) groups excluding carboxylic acids is 1. The van der Waals surface area contributed by atoms with Gasteiger partial charge in [-0.25, -0.2) is 16.8 Å². The van der Waals surface area contributed by atoms with E-state index in [0.29, 0.717) is 49.7 Å². The van der Waals surface area contributed by atoms with E-state index >= 15 is 0 Å². The van der Waals surface area contributed by atoms with E-state index in [4.69, 9.17) is 27.9 Å². The number of benzene rings is 2. The van der Waals surface area contributed by atoms with Gasteiger partial charge in [0.25, 0.3) is 5.56 Å². The number of carbonyl (C=O) groups is 1. The monoisotopic (exact) mass is 697 g/mol. The lowest BCUT2D eigenvalue weighted by atomic mass is 10.0. The average molecular weight is 699 g/mol. The largest absolute Gasteiger partial charge is 0.361 e. The number of hydrogen-bond donors (Lipinski definition) is 0. The molecule has 0 spiro atoms. The van der Waals surface area contributed by atoms with Crippen LogP contribution in [-0.2, 0) is 38.6 Å². The number of ether oxygens (including phenoxy) is 1. The third-order valence-electron chi connectivity index (χ3n) is 6.94. The highest BCUT2D eigenvalue weighted by molar-refractivity contribution is 8.03. The molecule has 10 nitrogen and oxygen atoms in total. The van der Waals surface area contributed by atoms with Crippen LogP contribution >= 0.6 is 23.2 Å². The van der Waals surface area contributed by atoms with Crippen LogP contribution in [-0.4, -0.2) is 62.7 Å². The molecule has 0 amide bonds. The molecule has 4 rings (SSSR count). The van der Waals surface area contributed by atoms with Crippen molar-refractivity contribution in [3.63, 3.8) is 0 Å². The zero-order valence-electron chi connectivity index (χ0n) is 25.1. The number of fused-ring (bicyclic) bond motifs is 3. The second kappa shape index (κ2) is 12.5. The van der Waals surface area contributed by atoms with Gasteiger partial charge in [-0.05, 0) is 42.4 Å². The van der Waals surface area contributed by atoms with Crippen LogP contribution in [0.3, 0.4) is 0 Å². The van der Waals surface area contributed by atoms with Crippen LogP contribution < -0.4 is 5.56 Å². The third kappa shape index (κ3) is 7.30. The summed E-state index contributed by atoms with van der Waals surface area (Å²) in [6, 6.07) is 12.4. The number of hydrogen-bond acceptors (Lipinski definition) is 7. The lowest BCUT2D eigenvalue weighted by Gasteiger charge is -2.17. The van der Waals surface area contributed by atoms with Crippen LogP contribution in [0.1, 0.15) is 10.4 Å². The summed E-state index contributed by atoms with van der Waals surface area (Å²) in [5.74, 6) is -0.623. The molecule has 0 unspecified atom stereocenters. The van der Waals surface area contributed by atoms with Gasteiger partial charge in [0.2, 0.25) is 20.0 Å². The molecule has 0 atom stereocenters. The second-order valence-corrected chi connectivity index (χ2v) is 22.1. The molecule has 0 aliphatic heterocycles. The number of halogens is 2.